The maximum absolute atomic E-state index is 11.3. The van der Waals surface area contributed by atoms with Crippen molar-refractivity contribution in [3.05, 3.63) is 12.2 Å². The summed E-state index contributed by atoms with van der Waals surface area (Å²) in [6.45, 7) is 5.13. The number of amides is 2. The fraction of sp³-hybridized carbons (Fsp3) is 0.615. The van der Waals surface area contributed by atoms with Crippen molar-refractivity contribution in [3.63, 3.8) is 0 Å². The largest absolute Gasteiger partial charge is 0.460 e. The summed E-state index contributed by atoms with van der Waals surface area (Å²) < 4.78 is 9.68. The molecule has 0 aromatic heterocycles. The minimum atomic E-state index is -0.670. The molecule has 0 saturated heterocycles. The molecule has 1 N–H and O–H groups in total. The van der Waals surface area contributed by atoms with E-state index >= 15 is 0 Å². The van der Waals surface area contributed by atoms with Gasteiger partial charge in [-0.3, -0.25) is 0 Å². The molecule has 0 radical (unpaired) electrons. The van der Waals surface area contributed by atoms with Crippen LogP contribution in [0.5, 0.6) is 0 Å². The average molecular weight is 286 g/mol. The van der Waals surface area contributed by atoms with E-state index in [1.54, 1.807) is 34.9 Å². The van der Waals surface area contributed by atoms with Crippen LogP contribution in [0.3, 0.4) is 0 Å². The molecule has 2 amide bonds. The first-order chi connectivity index (χ1) is 9.22. The van der Waals surface area contributed by atoms with Crippen LogP contribution in [-0.2, 0) is 19.1 Å². The quantitative estimate of drug-likeness (QED) is 0.574. The summed E-state index contributed by atoms with van der Waals surface area (Å²) in [7, 11) is 3.22. The second-order valence-electron chi connectivity index (χ2n) is 4.69. The Morgan fingerprint density at radius 1 is 1.10 bits per heavy atom. The van der Waals surface area contributed by atoms with Crippen LogP contribution >= 0.6 is 0 Å². The van der Waals surface area contributed by atoms with Gasteiger partial charge in [0, 0.05) is 26.2 Å². The zero-order valence-corrected chi connectivity index (χ0v) is 12.5. The minimum Gasteiger partial charge on any atom is -0.460 e. The molecule has 0 spiro atoms. The highest BCUT2D eigenvalue weighted by Crippen LogP contribution is 1.93. The van der Waals surface area contributed by atoms with Crippen LogP contribution in [0.4, 0.5) is 4.79 Å². The van der Waals surface area contributed by atoms with Crippen LogP contribution < -0.4 is 5.32 Å². The summed E-state index contributed by atoms with van der Waals surface area (Å²) in [5.41, 5.74) is 0. The Morgan fingerprint density at radius 3 is 2.15 bits per heavy atom. The van der Waals surface area contributed by atoms with Gasteiger partial charge in [0.15, 0.2) is 0 Å². The van der Waals surface area contributed by atoms with Gasteiger partial charge in [-0.1, -0.05) is 0 Å². The van der Waals surface area contributed by atoms with Crippen LogP contribution in [0.2, 0.25) is 0 Å². The summed E-state index contributed by atoms with van der Waals surface area (Å²) in [5.74, 6) is -1.28. The molecule has 20 heavy (non-hydrogen) atoms. The van der Waals surface area contributed by atoms with Crippen LogP contribution in [0.25, 0.3) is 0 Å². The second kappa shape index (κ2) is 8.95. The molecular formula is C13H22N2O5. The first-order valence-corrected chi connectivity index (χ1v) is 6.25. The molecule has 0 aromatic carbocycles. The van der Waals surface area contributed by atoms with Crippen molar-refractivity contribution in [3.8, 4) is 0 Å². The molecule has 0 aliphatic heterocycles. The fourth-order valence-electron chi connectivity index (χ4n) is 1.04. The standard InChI is InChI=1S/C13H22N2O5/c1-9(2)20-12(17)7-6-11(16)19-8-10(3)14-13(18)15(4)5/h6-7,9-10H,8H2,1-5H3,(H,14,18). The molecule has 0 fully saturated rings. The lowest BCUT2D eigenvalue weighted by atomic mass is 10.3. The van der Waals surface area contributed by atoms with E-state index < -0.39 is 11.9 Å². The van der Waals surface area contributed by atoms with Gasteiger partial charge in [-0.15, -0.1) is 0 Å². The van der Waals surface area contributed by atoms with E-state index in [2.05, 4.69) is 5.32 Å². The Kier molecular flexibility index (Phi) is 8.03. The third-order valence-electron chi connectivity index (χ3n) is 1.96. The lowest BCUT2D eigenvalue weighted by molar-refractivity contribution is -0.143. The Morgan fingerprint density at radius 2 is 1.65 bits per heavy atom. The molecule has 1 unspecified atom stereocenters. The highest BCUT2D eigenvalue weighted by molar-refractivity contribution is 5.91. The molecule has 7 heteroatoms. The van der Waals surface area contributed by atoms with Gasteiger partial charge in [0.2, 0.25) is 0 Å². The zero-order chi connectivity index (χ0) is 15.7. The van der Waals surface area contributed by atoms with E-state index in [4.69, 9.17) is 9.47 Å². The van der Waals surface area contributed by atoms with Gasteiger partial charge in [0.1, 0.15) is 6.61 Å². The zero-order valence-electron chi connectivity index (χ0n) is 12.5. The molecule has 114 valence electrons. The molecule has 1 atom stereocenters. The van der Waals surface area contributed by atoms with Crippen molar-refractivity contribution in [2.75, 3.05) is 20.7 Å². The molecule has 0 aliphatic carbocycles. The molecule has 7 nitrogen and oxygen atoms in total. The number of ether oxygens (including phenoxy) is 2. The van der Waals surface area contributed by atoms with E-state index in [9.17, 15) is 14.4 Å². The average Bonchev–Trinajstić information content (AvgIpc) is 2.32. The molecule has 0 aromatic rings. The smallest absolute Gasteiger partial charge is 0.331 e. The molecule has 0 heterocycles. The maximum Gasteiger partial charge on any atom is 0.331 e. The van der Waals surface area contributed by atoms with Gasteiger partial charge in [-0.25, -0.2) is 14.4 Å². The number of esters is 2. The van der Waals surface area contributed by atoms with Crippen molar-refractivity contribution in [2.45, 2.75) is 32.9 Å². The van der Waals surface area contributed by atoms with Crippen LogP contribution in [0.1, 0.15) is 20.8 Å². The van der Waals surface area contributed by atoms with E-state index in [1.165, 1.54) is 4.90 Å². The molecule has 0 aliphatic rings. The Hall–Kier alpha value is -2.05. The number of carbonyl (C=O) groups is 3. The summed E-state index contributed by atoms with van der Waals surface area (Å²) in [6.07, 6.45) is 1.75. The fourth-order valence-corrected chi connectivity index (χ4v) is 1.04. The Labute approximate surface area is 118 Å². The van der Waals surface area contributed by atoms with E-state index in [1.807, 2.05) is 0 Å². The van der Waals surface area contributed by atoms with Crippen LogP contribution in [0, 0.1) is 0 Å². The third-order valence-corrected chi connectivity index (χ3v) is 1.96. The predicted octanol–water partition coefficient (Wildman–Crippen LogP) is 0.697. The third kappa shape index (κ3) is 8.96. The predicted molar refractivity (Wildman–Crippen MR) is 73.0 cm³/mol. The monoisotopic (exact) mass is 286 g/mol. The summed E-state index contributed by atoms with van der Waals surface area (Å²) in [4.78, 5) is 35.1. The number of carbonyl (C=O) groups excluding carboxylic acids is 3. The number of nitrogens with one attached hydrogen (secondary N) is 1. The van der Waals surface area contributed by atoms with Crippen LogP contribution in [0.15, 0.2) is 12.2 Å². The summed E-state index contributed by atoms with van der Waals surface area (Å²) >= 11 is 0. The van der Waals surface area contributed by atoms with Crippen LogP contribution in [-0.4, -0.2) is 55.7 Å². The highest BCUT2D eigenvalue weighted by Gasteiger charge is 2.10. The van der Waals surface area contributed by atoms with Crippen molar-refractivity contribution in [2.24, 2.45) is 0 Å². The summed E-state index contributed by atoms with van der Waals surface area (Å²) in [5, 5.41) is 2.62. The lowest BCUT2D eigenvalue weighted by Crippen LogP contribution is -2.42. The lowest BCUT2D eigenvalue weighted by Gasteiger charge is -2.17. The Bertz CT molecular complexity index is 377. The molecule has 0 bridgehead atoms. The van der Waals surface area contributed by atoms with Crippen molar-refractivity contribution >= 4 is 18.0 Å². The van der Waals surface area contributed by atoms with E-state index in [0.717, 1.165) is 12.2 Å². The second-order valence-corrected chi connectivity index (χ2v) is 4.69. The van der Waals surface area contributed by atoms with E-state index in [-0.39, 0.29) is 24.8 Å². The maximum atomic E-state index is 11.3. The van der Waals surface area contributed by atoms with E-state index in [0.29, 0.717) is 0 Å². The van der Waals surface area contributed by atoms with Crippen molar-refractivity contribution in [1.29, 1.82) is 0 Å². The first kappa shape index (κ1) is 17.9. The number of nitrogens with zero attached hydrogens (tertiary/aromatic N) is 1. The molecule has 0 rings (SSSR count). The van der Waals surface area contributed by atoms with Gasteiger partial charge in [-0.2, -0.15) is 0 Å². The topological polar surface area (TPSA) is 84.9 Å². The minimum absolute atomic E-state index is 0.0159. The number of hydrogen-bond acceptors (Lipinski definition) is 5. The Balaban J connectivity index is 4.01. The van der Waals surface area contributed by atoms with Gasteiger partial charge >= 0.3 is 18.0 Å². The van der Waals surface area contributed by atoms with Gasteiger partial charge < -0.3 is 19.7 Å². The van der Waals surface area contributed by atoms with Crippen molar-refractivity contribution < 1.29 is 23.9 Å². The molecule has 0 saturated carbocycles. The number of rotatable bonds is 6. The summed E-state index contributed by atoms with van der Waals surface area (Å²) in [6, 6.07) is -0.602. The highest BCUT2D eigenvalue weighted by atomic mass is 16.5. The SMILES string of the molecule is CC(COC(=O)C=CC(=O)OC(C)C)NC(=O)N(C)C. The van der Waals surface area contributed by atoms with Gasteiger partial charge in [0.05, 0.1) is 12.1 Å². The van der Waals surface area contributed by atoms with Crippen molar-refractivity contribution in [1.82, 2.24) is 10.2 Å². The van der Waals surface area contributed by atoms with Gasteiger partial charge in [-0.05, 0) is 20.8 Å². The number of urea groups is 1. The number of hydrogen-bond donors (Lipinski definition) is 1. The van der Waals surface area contributed by atoms with Gasteiger partial charge in [0.25, 0.3) is 0 Å². The molecular weight excluding hydrogens is 264 g/mol. The normalized spacial score (nSPS) is 12.1. The first-order valence-electron chi connectivity index (χ1n) is 6.25.